The van der Waals surface area contributed by atoms with Crippen LogP contribution in [0.3, 0.4) is 0 Å². The van der Waals surface area contributed by atoms with Crippen LogP contribution in [0.5, 0.6) is 0 Å². The van der Waals surface area contributed by atoms with Crippen LogP contribution in [0.1, 0.15) is 26.2 Å². The van der Waals surface area contributed by atoms with E-state index >= 15 is 0 Å². The first-order chi connectivity index (χ1) is 9.26. The first kappa shape index (κ1) is 13.6. The molecule has 1 aliphatic heterocycles. The van der Waals surface area contributed by atoms with E-state index in [0.29, 0.717) is 0 Å². The predicted octanol–water partition coefficient (Wildman–Crippen LogP) is 1.01. The number of hydrogen-bond acceptors (Lipinski definition) is 5. The molecule has 2 heterocycles. The van der Waals surface area contributed by atoms with Gasteiger partial charge in [-0.3, -0.25) is 4.79 Å². The zero-order valence-electron chi connectivity index (χ0n) is 11.5. The number of hydrogen-bond donors (Lipinski definition) is 2. The zero-order chi connectivity index (χ0) is 13.7. The summed E-state index contributed by atoms with van der Waals surface area (Å²) in [5.74, 6) is 1.69. The molecule has 1 aromatic rings. The van der Waals surface area contributed by atoms with Crippen molar-refractivity contribution in [1.82, 2.24) is 15.3 Å². The van der Waals surface area contributed by atoms with Crippen molar-refractivity contribution < 1.29 is 4.79 Å². The number of nitrogens with one attached hydrogen (secondary N) is 2. The highest BCUT2D eigenvalue weighted by molar-refractivity contribution is 5.85. The van der Waals surface area contributed by atoms with Crippen molar-refractivity contribution in [1.29, 1.82) is 0 Å². The van der Waals surface area contributed by atoms with Crippen molar-refractivity contribution in [3.63, 3.8) is 0 Å². The fourth-order valence-corrected chi connectivity index (χ4v) is 2.33. The van der Waals surface area contributed by atoms with Crippen LogP contribution in [-0.4, -0.2) is 42.1 Å². The van der Waals surface area contributed by atoms with Gasteiger partial charge in [0.2, 0.25) is 5.91 Å². The molecule has 0 aromatic carbocycles. The Balaban J connectivity index is 2.13. The maximum absolute atomic E-state index is 11.8. The molecule has 0 saturated carbocycles. The zero-order valence-corrected chi connectivity index (χ0v) is 11.5. The van der Waals surface area contributed by atoms with Crippen LogP contribution < -0.4 is 15.5 Å². The molecular weight excluding hydrogens is 242 g/mol. The molecule has 0 aliphatic carbocycles. The van der Waals surface area contributed by atoms with Gasteiger partial charge in [-0.25, -0.2) is 9.97 Å². The second-order valence-corrected chi connectivity index (χ2v) is 4.65. The van der Waals surface area contributed by atoms with Crippen LogP contribution in [0.25, 0.3) is 0 Å². The van der Waals surface area contributed by atoms with Gasteiger partial charge in [0.1, 0.15) is 24.0 Å². The molecule has 1 fully saturated rings. The molecule has 1 saturated heterocycles. The van der Waals surface area contributed by atoms with E-state index in [1.165, 1.54) is 0 Å². The van der Waals surface area contributed by atoms with Crippen LogP contribution in [0, 0.1) is 0 Å². The lowest BCUT2D eigenvalue weighted by atomic mass is 10.2. The number of anilines is 2. The topological polar surface area (TPSA) is 70.2 Å². The Hall–Kier alpha value is -1.85. The fourth-order valence-electron chi connectivity index (χ4n) is 2.33. The predicted molar refractivity (Wildman–Crippen MR) is 75.2 cm³/mol. The summed E-state index contributed by atoms with van der Waals surface area (Å²) in [4.78, 5) is 22.4. The van der Waals surface area contributed by atoms with E-state index in [1.54, 1.807) is 13.4 Å². The highest BCUT2D eigenvalue weighted by Gasteiger charge is 2.31. The molecule has 1 unspecified atom stereocenters. The second-order valence-electron chi connectivity index (χ2n) is 4.65. The van der Waals surface area contributed by atoms with Gasteiger partial charge in [0.05, 0.1) is 0 Å². The molecule has 0 radical (unpaired) electrons. The second kappa shape index (κ2) is 6.36. The van der Waals surface area contributed by atoms with E-state index in [4.69, 9.17) is 0 Å². The molecule has 104 valence electrons. The molecule has 1 atom stereocenters. The highest BCUT2D eigenvalue weighted by Crippen LogP contribution is 2.24. The van der Waals surface area contributed by atoms with Crippen LogP contribution >= 0.6 is 0 Å². The van der Waals surface area contributed by atoms with Crippen molar-refractivity contribution in [2.75, 3.05) is 30.4 Å². The third-order valence-corrected chi connectivity index (χ3v) is 3.30. The van der Waals surface area contributed by atoms with E-state index < -0.39 is 0 Å². The largest absolute Gasteiger partial charge is 0.370 e. The lowest BCUT2D eigenvalue weighted by Crippen LogP contribution is -2.42. The minimum Gasteiger partial charge on any atom is -0.370 e. The maximum atomic E-state index is 11.8. The van der Waals surface area contributed by atoms with Crippen LogP contribution in [0.15, 0.2) is 12.4 Å². The molecule has 1 aliphatic rings. The fraction of sp³-hybridized carbons (Fsp3) is 0.615. The third kappa shape index (κ3) is 3.13. The molecule has 1 aromatic heterocycles. The van der Waals surface area contributed by atoms with Crippen LogP contribution in [0.2, 0.25) is 0 Å². The summed E-state index contributed by atoms with van der Waals surface area (Å²) in [5.41, 5.74) is 0. The van der Waals surface area contributed by atoms with Crippen molar-refractivity contribution >= 4 is 17.5 Å². The van der Waals surface area contributed by atoms with Gasteiger partial charge in [-0.05, 0) is 19.3 Å². The van der Waals surface area contributed by atoms with Crippen molar-refractivity contribution in [3.05, 3.63) is 12.4 Å². The third-order valence-electron chi connectivity index (χ3n) is 3.30. The number of nitrogens with zero attached hydrogens (tertiary/aromatic N) is 3. The van der Waals surface area contributed by atoms with Gasteiger partial charge in [-0.2, -0.15) is 0 Å². The number of aromatic nitrogens is 2. The molecule has 1 amide bonds. The number of likely N-dealkylation sites (N-methyl/N-ethyl adjacent to an activating group) is 1. The van der Waals surface area contributed by atoms with Crippen molar-refractivity contribution in [2.45, 2.75) is 32.2 Å². The molecule has 19 heavy (non-hydrogen) atoms. The Labute approximate surface area is 113 Å². The maximum Gasteiger partial charge on any atom is 0.242 e. The van der Waals surface area contributed by atoms with E-state index in [2.05, 4.69) is 32.4 Å². The first-order valence-electron chi connectivity index (χ1n) is 6.80. The van der Waals surface area contributed by atoms with Crippen molar-refractivity contribution in [3.8, 4) is 0 Å². The van der Waals surface area contributed by atoms with Gasteiger partial charge in [0.15, 0.2) is 0 Å². The van der Waals surface area contributed by atoms with Gasteiger partial charge < -0.3 is 15.5 Å². The standard InChI is InChI=1S/C13H21N5O/c1-3-6-15-11-8-12(17-9-16-11)18-7-4-5-10(18)13(19)14-2/h8-10H,3-7H2,1-2H3,(H,14,19)(H,15,16,17). The first-order valence-corrected chi connectivity index (χ1v) is 6.80. The summed E-state index contributed by atoms with van der Waals surface area (Å²) >= 11 is 0. The number of rotatable bonds is 5. The average molecular weight is 263 g/mol. The smallest absolute Gasteiger partial charge is 0.242 e. The lowest BCUT2D eigenvalue weighted by molar-refractivity contribution is -0.121. The quantitative estimate of drug-likeness (QED) is 0.830. The van der Waals surface area contributed by atoms with E-state index in [-0.39, 0.29) is 11.9 Å². The normalized spacial score (nSPS) is 18.4. The van der Waals surface area contributed by atoms with Gasteiger partial charge in [0, 0.05) is 26.2 Å². The number of carbonyl (C=O) groups is 1. The number of amides is 1. The minimum absolute atomic E-state index is 0.0548. The van der Waals surface area contributed by atoms with Crippen molar-refractivity contribution in [2.24, 2.45) is 0 Å². The highest BCUT2D eigenvalue weighted by atomic mass is 16.2. The Morgan fingerprint density at radius 1 is 1.53 bits per heavy atom. The summed E-state index contributed by atoms with van der Waals surface area (Å²) in [6, 6.07) is 1.80. The molecule has 2 rings (SSSR count). The Bertz CT molecular complexity index is 437. The Kier molecular flexibility index (Phi) is 4.54. The SMILES string of the molecule is CCCNc1cc(N2CCCC2C(=O)NC)ncn1. The summed E-state index contributed by atoms with van der Waals surface area (Å²) in [5, 5.41) is 5.95. The van der Waals surface area contributed by atoms with E-state index in [9.17, 15) is 4.79 Å². The Morgan fingerprint density at radius 2 is 2.37 bits per heavy atom. The molecule has 0 bridgehead atoms. The Morgan fingerprint density at radius 3 is 3.11 bits per heavy atom. The van der Waals surface area contributed by atoms with Crippen LogP contribution in [0.4, 0.5) is 11.6 Å². The van der Waals surface area contributed by atoms with Gasteiger partial charge in [-0.1, -0.05) is 6.92 Å². The van der Waals surface area contributed by atoms with Crippen LogP contribution in [-0.2, 0) is 4.79 Å². The number of carbonyl (C=O) groups excluding carboxylic acids is 1. The van der Waals surface area contributed by atoms with Gasteiger partial charge in [0.25, 0.3) is 0 Å². The van der Waals surface area contributed by atoms with Gasteiger partial charge >= 0.3 is 0 Å². The molecule has 6 heteroatoms. The molecule has 0 spiro atoms. The lowest BCUT2D eigenvalue weighted by Gasteiger charge is -2.24. The summed E-state index contributed by atoms with van der Waals surface area (Å²) in [6.45, 7) is 3.86. The minimum atomic E-state index is -0.112. The summed E-state index contributed by atoms with van der Waals surface area (Å²) in [7, 11) is 1.67. The molecule has 6 nitrogen and oxygen atoms in total. The average Bonchev–Trinajstić information content (AvgIpc) is 2.94. The van der Waals surface area contributed by atoms with E-state index in [0.717, 1.165) is 44.0 Å². The van der Waals surface area contributed by atoms with Gasteiger partial charge in [-0.15, -0.1) is 0 Å². The molecule has 2 N–H and O–H groups in total. The van der Waals surface area contributed by atoms with E-state index in [1.807, 2.05) is 6.07 Å². The summed E-state index contributed by atoms with van der Waals surface area (Å²) in [6.07, 6.45) is 4.48. The molecular formula is C13H21N5O. The monoisotopic (exact) mass is 263 g/mol. The summed E-state index contributed by atoms with van der Waals surface area (Å²) < 4.78 is 0.